The molecule has 0 N–H and O–H groups in total. The molecule has 0 unspecified atom stereocenters. The topological polar surface area (TPSA) is 69.9 Å². The number of fused-ring (bicyclic) bond motifs is 1. The minimum absolute atomic E-state index is 0.189. The van der Waals surface area contributed by atoms with Crippen molar-refractivity contribution in [2.75, 3.05) is 6.61 Å². The number of carbonyl (C=O) groups excluding carboxylic acids is 1. The monoisotopic (exact) mass is 476 g/mol. The summed E-state index contributed by atoms with van der Waals surface area (Å²) in [6, 6.07) is 14.8. The second-order valence-corrected chi connectivity index (χ2v) is 9.46. The van der Waals surface area contributed by atoms with E-state index in [1.807, 2.05) is 68.5 Å². The molecule has 0 bridgehead atoms. The number of carbonyl (C=O) groups is 1. The molecule has 1 aliphatic heterocycles. The standard InChI is InChI=1S/C27H28N2O4S/c1-6-32-21-13-11-20(12-14-21)24-23(26(31)33-16(2)3)18(5)28-27-29(24)25(30)22(34-27)15-19-9-7-17(4)8-10-19/h7-16,24H,6H2,1-5H3/b22-15+/t24-/m1/s1. The van der Waals surface area contributed by atoms with Crippen molar-refractivity contribution in [3.8, 4) is 5.75 Å². The van der Waals surface area contributed by atoms with E-state index < -0.39 is 12.0 Å². The van der Waals surface area contributed by atoms with E-state index in [0.717, 1.165) is 22.4 Å². The summed E-state index contributed by atoms with van der Waals surface area (Å²) in [5.74, 6) is 0.257. The lowest BCUT2D eigenvalue weighted by molar-refractivity contribution is -0.143. The van der Waals surface area contributed by atoms with Crippen LogP contribution >= 0.6 is 11.3 Å². The van der Waals surface area contributed by atoms with Crippen LogP contribution < -0.4 is 19.6 Å². The quantitative estimate of drug-likeness (QED) is 0.506. The highest BCUT2D eigenvalue weighted by Crippen LogP contribution is 2.31. The van der Waals surface area contributed by atoms with Crippen molar-refractivity contribution >= 4 is 23.4 Å². The van der Waals surface area contributed by atoms with E-state index >= 15 is 0 Å². The molecule has 1 aliphatic rings. The first-order valence-electron chi connectivity index (χ1n) is 11.3. The van der Waals surface area contributed by atoms with Crippen LogP contribution in [-0.4, -0.2) is 23.2 Å². The van der Waals surface area contributed by atoms with E-state index in [9.17, 15) is 9.59 Å². The number of thiazole rings is 1. The van der Waals surface area contributed by atoms with Crippen molar-refractivity contribution in [3.63, 3.8) is 0 Å². The number of hydrogen-bond donors (Lipinski definition) is 0. The summed E-state index contributed by atoms with van der Waals surface area (Å²) in [5.41, 5.74) is 3.60. The lowest BCUT2D eigenvalue weighted by Crippen LogP contribution is -2.40. The Bertz CT molecular complexity index is 1410. The minimum atomic E-state index is -0.640. The van der Waals surface area contributed by atoms with Crippen LogP contribution in [0.15, 0.2) is 69.6 Å². The second-order valence-electron chi connectivity index (χ2n) is 8.45. The molecule has 0 radical (unpaired) electrons. The largest absolute Gasteiger partial charge is 0.494 e. The van der Waals surface area contributed by atoms with Gasteiger partial charge in [0.15, 0.2) is 4.80 Å². The van der Waals surface area contributed by atoms with Crippen LogP contribution in [0.4, 0.5) is 0 Å². The summed E-state index contributed by atoms with van der Waals surface area (Å²) in [4.78, 5) is 31.9. The Morgan fingerprint density at radius 3 is 2.41 bits per heavy atom. The molecule has 0 amide bonds. The van der Waals surface area contributed by atoms with Gasteiger partial charge in [0.2, 0.25) is 0 Å². The van der Waals surface area contributed by atoms with E-state index in [0.29, 0.717) is 27.2 Å². The number of benzene rings is 2. The number of ether oxygens (including phenoxy) is 2. The Labute approximate surface area is 202 Å². The molecule has 6 nitrogen and oxygen atoms in total. The lowest BCUT2D eigenvalue weighted by Gasteiger charge is -2.25. The molecule has 1 atom stereocenters. The zero-order valence-corrected chi connectivity index (χ0v) is 20.8. The molecule has 0 saturated heterocycles. The SMILES string of the molecule is CCOc1ccc([C@@H]2C(C(=O)OC(C)C)=C(C)N=c3s/c(=C/c4ccc(C)cc4)c(=O)n32)cc1. The van der Waals surface area contributed by atoms with Gasteiger partial charge in [-0.25, -0.2) is 9.79 Å². The third-order valence-corrected chi connectivity index (χ3v) is 6.45. The summed E-state index contributed by atoms with van der Waals surface area (Å²) in [6.45, 7) is 9.89. The van der Waals surface area contributed by atoms with Gasteiger partial charge in [-0.15, -0.1) is 0 Å². The second kappa shape index (κ2) is 9.81. The predicted molar refractivity (Wildman–Crippen MR) is 134 cm³/mol. The summed E-state index contributed by atoms with van der Waals surface area (Å²) in [7, 11) is 0. The molecular formula is C27H28N2O4S. The highest BCUT2D eigenvalue weighted by molar-refractivity contribution is 7.07. The maximum absolute atomic E-state index is 13.6. The summed E-state index contributed by atoms with van der Waals surface area (Å²) in [6.07, 6.45) is 1.57. The number of nitrogens with zero attached hydrogens (tertiary/aromatic N) is 2. The van der Waals surface area contributed by atoms with Gasteiger partial charge >= 0.3 is 5.97 Å². The molecule has 34 heavy (non-hydrogen) atoms. The fourth-order valence-electron chi connectivity index (χ4n) is 3.90. The van der Waals surface area contributed by atoms with Crippen molar-refractivity contribution < 1.29 is 14.3 Å². The van der Waals surface area contributed by atoms with Gasteiger partial charge in [0.05, 0.1) is 34.6 Å². The molecule has 0 fully saturated rings. The Morgan fingerprint density at radius 1 is 1.12 bits per heavy atom. The van der Waals surface area contributed by atoms with Crippen LogP contribution in [0, 0.1) is 6.92 Å². The molecular weight excluding hydrogens is 448 g/mol. The van der Waals surface area contributed by atoms with Gasteiger partial charge in [0, 0.05) is 0 Å². The van der Waals surface area contributed by atoms with E-state index in [4.69, 9.17) is 9.47 Å². The summed E-state index contributed by atoms with van der Waals surface area (Å²) < 4.78 is 13.3. The molecule has 0 aliphatic carbocycles. The van der Waals surface area contributed by atoms with Gasteiger partial charge in [-0.3, -0.25) is 9.36 Å². The van der Waals surface area contributed by atoms with Crippen molar-refractivity contribution in [1.29, 1.82) is 0 Å². The Kier molecular flexibility index (Phi) is 6.84. The Hall–Kier alpha value is -3.45. The Morgan fingerprint density at radius 2 is 1.79 bits per heavy atom. The number of aromatic nitrogens is 1. The van der Waals surface area contributed by atoms with Gasteiger partial charge in [-0.2, -0.15) is 0 Å². The maximum Gasteiger partial charge on any atom is 0.338 e. The van der Waals surface area contributed by atoms with E-state index in [-0.39, 0.29) is 11.7 Å². The van der Waals surface area contributed by atoms with Crippen molar-refractivity contribution in [3.05, 3.63) is 96.2 Å². The smallest absolute Gasteiger partial charge is 0.338 e. The molecule has 0 saturated carbocycles. The molecule has 2 aromatic carbocycles. The van der Waals surface area contributed by atoms with Gasteiger partial charge in [-0.05, 0) is 64.0 Å². The fourth-order valence-corrected chi connectivity index (χ4v) is 4.95. The van der Waals surface area contributed by atoms with Crippen LogP contribution in [0.5, 0.6) is 5.75 Å². The zero-order chi connectivity index (χ0) is 24.4. The highest BCUT2D eigenvalue weighted by atomic mass is 32.1. The van der Waals surface area contributed by atoms with Crippen molar-refractivity contribution in [1.82, 2.24) is 4.57 Å². The number of hydrogen-bond acceptors (Lipinski definition) is 6. The predicted octanol–water partition coefficient (Wildman–Crippen LogP) is 3.89. The number of aryl methyl sites for hydroxylation is 1. The molecule has 2 heterocycles. The molecule has 0 spiro atoms. The third kappa shape index (κ3) is 4.75. The number of allylic oxidation sites excluding steroid dienone is 1. The molecule has 176 valence electrons. The average molecular weight is 477 g/mol. The average Bonchev–Trinajstić information content (AvgIpc) is 3.09. The minimum Gasteiger partial charge on any atom is -0.494 e. The van der Waals surface area contributed by atoms with Gasteiger partial charge in [0.1, 0.15) is 5.75 Å². The summed E-state index contributed by atoms with van der Waals surface area (Å²) in [5, 5.41) is 0. The first-order chi connectivity index (χ1) is 16.3. The first-order valence-corrected chi connectivity index (χ1v) is 12.1. The van der Waals surface area contributed by atoms with Gasteiger partial charge in [0.25, 0.3) is 5.56 Å². The zero-order valence-electron chi connectivity index (χ0n) is 20.0. The Balaban J connectivity index is 1.90. The highest BCUT2D eigenvalue weighted by Gasteiger charge is 2.33. The van der Waals surface area contributed by atoms with Gasteiger partial charge in [-0.1, -0.05) is 53.3 Å². The lowest BCUT2D eigenvalue weighted by atomic mass is 9.96. The maximum atomic E-state index is 13.6. The summed E-state index contributed by atoms with van der Waals surface area (Å²) >= 11 is 1.32. The first kappa shape index (κ1) is 23.7. The van der Waals surface area contributed by atoms with Crippen LogP contribution in [-0.2, 0) is 9.53 Å². The number of rotatable bonds is 6. The van der Waals surface area contributed by atoms with Crippen LogP contribution in [0.3, 0.4) is 0 Å². The molecule has 1 aromatic heterocycles. The van der Waals surface area contributed by atoms with Gasteiger partial charge < -0.3 is 9.47 Å². The van der Waals surface area contributed by atoms with Crippen LogP contribution in [0.25, 0.3) is 6.08 Å². The normalized spacial score (nSPS) is 15.8. The van der Waals surface area contributed by atoms with E-state index in [1.165, 1.54) is 11.3 Å². The van der Waals surface area contributed by atoms with E-state index in [1.54, 1.807) is 25.3 Å². The van der Waals surface area contributed by atoms with Crippen molar-refractivity contribution in [2.24, 2.45) is 4.99 Å². The van der Waals surface area contributed by atoms with E-state index in [2.05, 4.69) is 4.99 Å². The molecule has 4 rings (SSSR count). The fraction of sp³-hybridized carbons (Fsp3) is 0.296. The van der Waals surface area contributed by atoms with Crippen LogP contribution in [0.1, 0.15) is 50.4 Å². The third-order valence-electron chi connectivity index (χ3n) is 5.47. The van der Waals surface area contributed by atoms with Crippen molar-refractivity contribution in [2.45, 2.75) is 46.8 Å². The molecule has 3 aromatic rings. The van der Waals surface area contributed by atoms with Crippen LogP contribution in [0.2, 0.25) is 0 Å². The molecule has 7 heteroatoms. The number of esters is 1.